The Morgan fingerprint density at radius 2 is 1.93 bits per heavy atom. The zero-order chi connectivity index (χ0) is 20.7. The van der Waals surface area contributed by atoms with Gasteiger partial charge in [-0.25, -0.2) is 0 Å². The quantitative estimate of drug-likeness (QED) is 0.555. The maximum Gasteiger partial charge on any atom is 0.242 e. The zero-order valence-corrected chi connectivity index (χ0v) is 18.9. The molecule has 2 rings (SSSR count). The molecule has 0 bridgehead atoms. The summed E-state index contributed by atoms with van der Waals surface area (Å²) < 4.78 is 0.918. The summed E-state index contributed by atoms with van der Waals surface area (Å²) in [5.74, 6) is -0.351. The van der Waals surface area contributed by atoms with Crippen LogP contribution in [-0.2, 0) is 22.6 Å². The largest absolute Gasteiger partial charge is 0.354 e. The van der Waals surface area contributed by atoms with Crippen molar-refractivity contribution in [2.45, 2.75) is 39.3 Å². The monoisotopic (exact) mass is 484 g/mol. The van der Waals surface area contributed by atoms with E-state index < -0.39 is 6.04 Å². The van der Waals surface area contributed by atoms with E-state index in [0.29, 0.717) is 28.7 Å². The Balaban J connectivity index is 2.25. The first-order chi connectivity index (χ1) is 13.3. The predicted molar refractivity (Wildman–Crippen MR) is 118 cm³/mol. The number of halogens is 3. The van der Waals surface area contributed by atoms with Crippen LogP contribution >= 0.6 is 39.1 Å². The van der Waals surface area contributed by atoms with Gasteiger partial charge in [-0.15, -0.1) is 0 Å². The highest BCUT2D eigenvalue weighted by Crippen LogP contribution is 2.23. The molecular formula is C21H23BrCl2N2O2. The first-order valence-electron chi connectivity index (χ1n) is 9.07. The van der Waals surface area contributed by atoms with Gasteiger partial charge < -0.3 is 10.2 Å². The summed E-state index contributed by atoms with van der Waals surface area (Å²) in [4.78, 5) is 27.2. The smallest absolute Gasteiger partial charge is 0.242 e. The molecule has 0 radical (unpaired) electrons. The summed E-state index contributed by atoms with van der Waals surface area (Å²) in [7, 11) is 0. The van der Waals surface area contributed by atoms with E-state index >= 15 is 0 Å². The van der Waals surface area contributed by atoms with Crippen LogP contribution in [0, 0.1) is 0 Å². The van der Waals surface area contributed by atoms with Gasteiger partial charge in [-0.2, -0.15) is 0 Å². The average Bonchev–Trinajstić information content (AvgIpc) is 2.65. The number of amides is 2. The van der Waals surface area contributed by atoms with Crippen LogP contribution in [0.3, 0.4) is 0 Å². The van der Waals surface area contributed by atoms with Gasteiger partial charge in [0.15, 0.2) is 0 Å². The second-order valence-electron chi connectivity index (χ2n) is 6.53. The number of nitrogens with one attached hydrogen (secondary N) is 1. The molecule has 7 heteroatoms. The minimum atomic E-state index is -0.607. The van der Waals surface area contributed by atoms with Crippen LogP contribution in [0.15, 0.2) is 46.9 Å². The Labute approximate surface area is 184 Å². The van der Waals surface area contributed by atoms with Crippen LogP contribution in [0.4, 0.5) is 0 Å². The standard InChI is InChI=1S/C21H23BrCl2N2O2/c1-3-9-25-21(28)14(2)26(13-15-5-4-6-17(22)10-15)20(27)11-16-7-8-18(23)12-19(16)24/h4-8,10,12,14H,3,9,11,13H2,1-2H3,(H,25,28)/t14-/m0/s1. The van der Waals surface area contributed by atoms with Gasteiger partial charge in [0.25, 0.3) is 0 Å². The fourth-order valence-corrected chi connectivity index (χ4v) is 3.66. The molecule has 0 aromatic heterocycles. The SMILES string of the molecule is CCCNC(=O)[C@H](C)N(Cc1cccc(Br)c1)C(=O)Cc1ccc(Cl)cc1Cl. The first kappa shape index (κ1) is 22.7. The molecule has 0 spiro atoms. The molecule has 28 heavy (non-hydrogen) atoms. The number of carbonyl (C=O) groups excluding carboxylic acids is 2. The van der Waals surface area contributed by atoms with Gasteiger partial charge in [-0.05, 0) is 48.7 Å². The third kappa shape index (κ3) is 6.50. The number of hydrogen-bond donors (Lipinski definition) is 1. The first-order valence-corrected chi connectivity index (χ1v) is 10.6. The summed E-state index contributed by atoms with van der Waals surface area (Å²) in [6, 6.07) is 12.1. The van der Waals surface area contributed by atoms with Crippen LogP contribution in [0.5, 0.6) is 0 Å². The molecule has 0 aliphatic heterocycles. The molecule has 2 aromatic rings. The summed E-state index contributed by atoms with van der Waals surface area (Å²) in [5.41, 5.74) is 1.61. The highest BCUT2D eigenvalue weighted by Gasteiger charge is 2.26. The van der Waals surface area contributed by atoms with E-state index in [2.05, 4.69) is 21.2 Å². The van der Waals surface area contributed by atoms with Gasteiger partial charge in [0, 0.05) is 27.6 Å². The topological polar surface area (TPSA) is 49.4 Å². The van der Waals surface area contributed by atoms with E-state index in [9.17, 15) is 9.59 Å². The minimum Gasteiger partial charge on any atom is -0.354 e. The van der Waals surface area contributed by atoms with E-state index in [1.54, 1.807) is 30.0 Å². The maximum atomic E-state index is 13.1. The second-order valence-corrected chi connectivity index (χ2v) is 8.29. The second kappa shape index (κ2) is 10.8. The molecule has 1 N–H and O–H groups in total. The Bertz CT molecular complexity index is 845. The molecule has 0 aliphatic carbocycles. The van der Waals surface area contributed by atoms with E-state index in [4.69, 9.17) is 23.2 Å². The fraction of sp³-hybridized carbons (Fsp3) is 0.333. The van der Waals surface area contributed by atoms with Crippen LogP contribution in [0.25, 0.3) is 0 Å². The Hall–Kier alpha value is -1.56. The lowest BCUT2D eigenvalue weighted by atomic mass is 10.1. The molecule has 4 nitrogen and oxygen atoms in total. The lowest BCUT2D eigenvalue weighted by Crippen LogP contribution is -2.48. The highest BCUT2D eigenvalue weighted by molar-refractivity contribution is 9.10. The molecule has 0 saturated heterocycles. The van der Waals surface area contributed by atoms with E-state index in [-0.39, 0.29) is 18.2 Å². The van der Waals surface area contributed by atoms with Crippen LogP contribution in [0.2, 0.25) is 10.0 Å². The number of benzene rings is 2. The molecule has 0 unspecified atom stereocenters. The van der Waals surface area contributed by atoms with Crippen molar-refractivity contribution in [3.05, 3.63) is 68.1 Å². The lowest BCUT2D eigenvalue weighted by molar-refractivity contribution is -0.140. The van der Waals surface area contributed by atoms with Crippen molar-refractivity contribution in [1.29, 1.82) is 0 Å². The number of nitrogens with zero attached hydrogens (tertiary/aromatic N) is 1. The van der Waals surface area contributed by atoms with Gasteiger partial charge in [0.05, 0.1) is 6.42 Å². The van der Waals surface area contributed by atoms with Crippen molar-refractivity contribution < 1.29 is 9.59 Å². The minimum absolute atomic E-state index is 0.0927. The predicted octanol–water partition coefficient (Wildman–Crippen LogP) is 5.24. The fourth-order valence-electron chi connectivity index (χ4n) is 2.74. The molecule has 1 atom stereocenters. The average molecular weight is 486 g/mol. The maximum absolute atomic E-state index is 13.1. The third-order valence-electron chi connectivity index (χ3n) is 4.32. The molecule has 0 aliphatic rings. The molecule has 0 heterocycles. The van der Waals surface area contributed by atoms with E-state index in [1.165, 1.54) is 0 Å². The van der Waals surface area contributed by atoms with Crippen molar-refractivity contribution in [3.63, 3.8) is 0 Å². The molecule has 0 saturated carbocycles. The summed E-state index contributed by atoms with van der Waals surface area (Å²) >= 11 is 15.6. The van der Waals surface area contributed by atoms with Gasteiger partial charge >= 0.3 is 0 Å². The normalized spacial score (nSPS) is 11.8. The lowest BCUT2D eigenvalue weighted by Gasteiger charge is -2.29. The van der Waals surface area contributed by atoms with Crippen LogP contribution in [0.1, 0.15) is 31.4 Å². The van der Waals surface area contributed by atoms with E-state index in [1.807, 2.05) is 31.2 Å². The zero-order valence-electron chi connectivity index (χ0n) is 15.8. The van der Waals surface area contributed by atoms with Crippen LogP contribution in [-0.4, -0.2) is 29.3 Å². The third-order valence-corrected chi connectivity index (χ3v) is 5.40. The molecule has 150 valence electrons. The van der Waals surface area contributed by atoms with Crippen molar-refractivity contribution in [3.8, 4) is 0 Å². The Kier molecular flexibility index (Phi) is 8.80. The van der Waals surface area contributed by atoms with Crippen molar-refractivity contribution in [1.82, 2.24) is 10.2 Å². The summed E-state index contributed by atoms with van der Waals surface area (Å²) in [6.07, 6.45) is 0.924. The number of carbonyl (C=O) groups is 2. The van der Waals surface area contributed by atoms with Crippen molar-refractivity contribution >= 4 is 50.9 Å². The molecule has 2 aromatic carbocycles. The molecular weight excluding hydrogens is 463 g/mol. The number of rotatable bonds is 8. The summed E-state index contributed by atoms with van der Waals surface area (Å²) in [5, 5.41) is 3.81. The molecule has 2 amide bonds. The highest BCUT2D eigenvalue weighted by atomic mass is 79.9. The Morgan fingerprint density at radius 1 is 1.18 bits per heavy atom. The van der Waals surface area contributed by atoms with Gasteiger partial charge in [-0.1, -0.05) is 64.3 Å². The summed E-state index contributed by atoms with van der Waals surface area (Å²) in [6.45, 7) is 4.62. The van der Waals surface area contributed by atoms with Crippen LogP contribution < -0.4 is 5.32 Å². The van der Waals surface area contributed by atoms with Crippen molar-refractivity contribution in [2.75, 3.05) is 6.54 Å². The van der Waals surface area contributed by atoms with Crippen molar-refractivity contribution in [2.24, 2.45) is 0 Å². The van der Waals surface area contributed by atoms with Gasteiger partial charge in [0.2, 0.25) is 11.8 Å². The van der Waals surface area contributed by atoms with Gasteiger partial charge in [0.1, 0.15) is 6.04 Å². The number of hydrogen-bond acceptors (Lipinski definition) is 2. The Morgan fingerprint density at radius 3 is 2.57 bits per heavy atom. The van der Waals surface area contributed by atoms with Gasteiger partial charge in [-0.3, -0.25) is 9.59 Å². The van der Waals surface area contributed by atoms with E-state index in [0.717, 1.165) is 16.5 Å². The molecule has 0 fully saturated rings.